The molecule has 0 amide bonds. The van der Waals surface area contributed by atoms with Crippen molar-refractivity contribution in [1.29, 1.82) is 0 Å². The predicted molar refractivity (Wildman–Crippen MR) is 130 cm³/mol. The molecule has 0 aromatic heterocycles. The number of cyclic esters (lactones) is 1. The SMILES string of the molecule is C=C1CCC2[C@](C)(CO)[C@H](O)CC[C@@]2(C)[C@@H]1CC(OC(=O)c1ccc([N+](=O)[O-])cc1)C1=CCOC1=O. The molecule has 0 saturated heterocycles. The van der Waals surface area contributed by atoms with Crippen LogP contribution >= 0.6 is 0 Å². The van der Waals surface area contributed by atoms with Crippen LogP contribution in [0.5, 0.6) is 0 Å². The van der Waals surface area contributed by atoms with Crippen LogP contribution in [0.2, 0.25) is 0 Å². The topological polar surface area (TPSA) is 136 Å². The monoisotopic (exact) mass is 499 g/mol. The molecule has 2 saturated carbocycles. The highest BCUT2D eigenvalue weighted by Crippen LogP contribution is 2.62. The van der Waals surface area contributed by atoms with E-state index in [9.17, 15) is 29.9 Å². The summed E-state index contributed by atoms with van der Waals surface area (Å²) in [6.07, 6.45) is 3.16. The number of non-ortho nitro benzene ring substituents is 1. The van der Waals surface area contributed by atoms with E-state index in [1.165, 1.54) is 24.3 Å². The van der Waals surface area contributed by atoms with Gasteiger partial charge in [-0.05, 0) is 67.6 Å². The van der Waals surface area contributed by atoms with E-state index in [2.05, 4.69) is 13.5 Å². The molecule has 1 aromatic rings. The van der Waals surface area contributed by atoms with Crippen molar-refractivity contribution < 1.29 is 34.2 Å². The second-order valence-corrected chi connectivity index (χ2v) is 10.7. The van der Waals surface area contributed by atoms with Crippen LogP contribution in [0.3, 0.4) is 0 Å². The molecule has 9 heteroatoms. The molecule has 4 rings (SSSR count). The molecule has 0 spiro atoms. The first kappa shape index (κ1) is 26.0. The molecule has 36 heavy (non-hydrogen) atoms. The molecule has 0 bridgehead atoms. The van der Waals surface area contributed by atoms with Gasteiger partial charge in [-0.2, -0.15) is 0 Å². The van der Waals surface area contributed by atoms with Gasteiger partial charge in [-0.15, -0.1) is 0 Å². The number of aliphatic hydroxyl groups is 2. The molecule has 0 radical (unpaired) electrons. The maximum absolute atomic E-state index is 13.0. The lowest BCUT2D eigenvalue weighted by Gasteiger charge is -2.60. The summed E-state index contributed by atoms with van der Waals surface area (Å²) >= 11 is 0. The number of nitrogens with zero attached hydrogens (tertiary/aromatic N) is 1. The number of fused-ring (bicyclic) bond motifs is 1. The maximum atomic E-state index is 13.0. The van der Waals surface area contributed by atoms with E-state index < -0.39 is 34.5 Å². The average Bonchev–Trinajstić information content (AvgIpc) is 3.29. The molecule has 6 atom stereocenters. The third-order valence-corrected chi connectivity index (χ3v) is 8.81. The molecule has 1 heterocycles. The van der Waals surface area contributed by atoms with Gasteiger partial charge in [0.1, 0.15) is 12.7 Å². The van der Waals surface area contributed by atoms with Gasteiger partial charge >= 0.3 is 11.9 Å². The average molecular weight is 500 g/mol. The Morgan fingerprint density at radius 3 is 2.58 bits per heavy atom. The van der Waals surface area contributed by atoms with Crippen molar-refractivity contribution in [1.82, 2.24) is 0 Å². The van der Waals surface area contributed by atoms with Crippen molar-refractivity contribution in [3.8, 4) is 0 Å². The summed E-state index contributed by atoms with van der Waals surface area (Å²) in [4.78, 5) is 35.9. The smallest absolute Gasteiger partial charge is 0.338 e. The lowest BCUT2D eigenvalue weighted by atomic mass is 9.46. The molecule has 3 aliphatic rings. The Morgan fingerprint density at radius 2 is 2.00 bits per heavy atom. The lowest BCUT2D eigenvalue weighted by molar-refractivity contribution is -0.384. The highest BCUT2D eigenvalue weighted by molar-refractivity contribution is 5.94. The second kappa shape index (κ2) is 9.78. The van der Waals surface area contributed by atoms with Crippen LogP contribution in [0.15, 0.2) is 48.1 Å². The Kier molecular flexibility index (Phi) is 7.07. The summed E-state index contributed by atoms with van der Waals surface area (Å²) in [5.41, 5.74) is 0.264. The van der Waals surface area contributed by atoms with Gasteiger partial charge in [0, 0.05) is 17.5 Å². The van der Waals surface area contributed by atoms with Gasteiger partial charge in [0.15, 0.2) is 0 Å². The number of ether oxygens (including phenoxy) is 2. The maximum Gasteiger partial charge on any atom is 0.338 e. The number of nitro groups is 1. The summed E-state index contributed by atoms with van der Waals surface area (Å²) in [5.74, 6) is -1.35. The first-order valence-corrected chi connectivity index (χ1v) is 12.3. The van der Waals surface area contributed by atoms with Gasteiger partial charge < -0.3 is 19.7 Å². The quantitative estimate of drug-likeness (QED) is 0.251. The van der Waals surface area contributed by atoms with Gasteiger partial charge in [0.2, 0.25) is 0 Å². The lowest BCUT2D eigenvalue weighted by Crippen LogP contribution is -2.57. The molecule has 2 N–H and O–H groups in total. The van der Waals surface area contributed by atoms with E-state index in [-0.39, 0.29) is 47.3 Å². The number of hydrogen-bond acceptors (Lipinski definition) is 8. The summed E-state index contributed by atoms with van der Waals surface area (Å²) < 4.78 is 11.0. The zero-order chi connectivity index (χ0) is 26.3. The Morgan fingerprint density at radius 1 is 1.31 bits per heavy atom. The number of rotatable bonds is 7. The Hall–Kier alpha value is -3.04. The van der Waals surface area contributed by atoms with Crippen LogP contribution in [0, 0.1) is 32.8 Å². The van der Waals surface area contributed by atoms with Crippen LogP contribution in [-0.4, -0.2) is 52.5 Å². The fraction of sp³-hybridized carbons (Fsp3) is 0.556. The number of benzene rings is 1. The fourth-order valence-corrected chi connectivity index (χ4v) is 6.64. The zero-order valence-electron chi connectivity index (χ0n) is 20.6. The molecule has 9 nitrogen and oxygen atoms in total. The van der Waals surface area contributed by atoms with E-state index >= 15 is 0 Å². The van der Waals surface area contributed by atoms with Crippen molar-refractivity contribution in [3.05, 3.63) is 63.7 Å². The molecule has 1 aromatic carbocycles. The van der Waals surface area contributed by atoms with E-state index in [4.69, 9.17) is 9.47 Å². The van der Waals surface area contributed by atoms with Crippen LogP contribution < -0.4 is 0 Å². The van der Waals surface area contributed by atoms with Crippen molar-refractivity contribution >= 4 is 17.6 Å². The number of carbonyl (C=O) groups is 2. The van der Waals surface area contributed by atoms with Gasteiger partial charge in [-0.3, -0.25) is 10.1 Å². The highest BCUT2D eigenvalue weighted by atomic mass is 16.6. The summed E-state index contributed by atoms with van der Waals surface area (Å²) in [6, 6.07) is 5.11. The summed E-state index contributed by atoms with van der Waals surface area (Å²) in [7, 11) is 0. The molecule has 2 unspecified atom stereocenters. The first-order valence-electron chi connectivity index (χ1n) is 12.3. The molecule has 2 fully saturated rings. The van der Waals surface area contributed by atoms with Crippen LogP contribution in [0.4, 0.5) is 5.69 Å². The molecule has 2 aliphatic carbocycles. The minimum absolute atomic E-state index is 0.0183. The van der Waals surface area contributed by atoms with E-state index in [0.717, 1.165) is 12.0 Å². The number of esters is 2. The van der Waals surface area contributed by atoms with Crippen LogP contribution in [0.1, 0.15) is 56.3 Å². The van der Waals surface area contributed by atoms with Gasteiger partial charge in [0.25, 0.3) is 5.69 Å². The summed E-state index contributed by atoms with van der Waals surface area (Å²) in [6.45, 7) is 8.35. The third kappa shape index (κ3) is 4.46. The molecule has 194 valence electrons. The van der Waals surface area contributed by atoms with Gasteiger partial charge in [-0.1, -0.05) is 26.0 Å². The summed E-state index contributed by atoms with van der Waals surface area (Å²) in [5, 5.41) is 32.0. The molecular formula is C27H33NO8. The molecule has 1 aliphatic heterocycles. The largest absolute Gasteiger partial charge is 0.458 e. The minimum atomic E-state index is -0.896. The highest BCUT2D eigenvalue weighted by Gasteiger charge is 2.58. The van der Waals surface area contributed by atoms with Crippen molar-refractivity contribution in [3.63, 3.8) is 0 Å². The Labute approximate surface area is 209 Å². The minimum Gasteiger partial charge on any atom is -0.458 e. The number of hydrogen-bond donors (Lipinski definition) is 2. The van der Waals surface area contributed by atoms with E-state index in [1.807, 2.05) is 6.92 Å². The Balaban J connectivity index is 1.63. The standard InChI is InChI=1S/C27H33NO8/c1-16-4-9-22-26(2,12-10-23(30)27(22,3)15-29)20(16)14-21(19-11-13-35-25(19)32)36-24(31)17-5-7-18(8-6-17)28(33)34/h5-8,11,20-23,29-30H,1,4,9-10,12-15H2,2-3H3/t20-,21?,22?,23-,26+,27+/m1/s1. The third-order valence-electron chi connectivity index (χ3n) is 8.81. The van der Waals surface area contributed by atoms with Crippen molar-refractivity contribution in [2.24, 2.45) is 22.7 Å². The van der Waals surface area contributed by atoms with Gasteiger partial charge in [0.05, 0.1) is 28.8 Å². The first-order chi connectivity index (χ1) is 17.0. The zero-order valence-corrected chi connectivity index (χ0v) is 20.6. The van der Waals surface area contributed by atoms with E-state index in [1.54, 1.807) is 6.08 Å². The predicted octanol–water partition coefficient (Wildman–Crippen LogP) is 3.74. The van der Waals surface area contributed by atoms with E-state index in [0.29, 0.717) is 25.7 Å². The Bertz CT molecular complexity index is 1100. The number of aliphatic hydroxyl groups excluding tert-OH is 2. The fourth-order valence-electron chi connectivity index (χ4n) is 6.64. The normalized spacial score (nSPS) is 32.8. The van der Waals surface area contributed by atoms with Crippen molar-refractivity contribution in [2.45, 2.75) is 58.2 Å². The van der Waals surface area contributed by atoms with Crippen LogP contribution in [-0.2, 0) is 14.3 Å². The number of carbonyl (C=O) groups excluding carboxylic acids is 2. The van der Waals surface area contributed by atoms with Crippen molar-refractivity contribution in [2.75, 3.05) is 13.2 Å². The number of nitro benzene ring substituents is 1. The van der Waals surface area contributed by atoms with Gasteiger partial charge in [-0.25, -0.2) is 9.59 Å². The second-order valence-electron chi connectivity index (χ2n) is 10.7. The molecular weight excluding hydrogens is 466 g/mol. The van der Waals surface area contributed by atoms with Crippen LogP contribution in [0.25, 0.3) is 0 Å². The number of allylic oxidation sites excluding steroid dienone is 1.